The summed E-state index contributed by atoms with van der Waals surface area (Å²) >= 11 is 0. The molecule has 2 atom stereocenters. The molecule has 130 valence electrons. The van der Waals surface area contributed by atoms with Crippen LogP contribution in [-0.2, 0) is 0 Å². The molecule has 0 unspecified atom stereocenters. The molecule has 0 spiro atoms. The molecule has 25 heavy (non-hydrogen) atoms. The van der Waals surface area contributed by atoms with E-state index in [9.17, 15) is 0 Å². The van der Waals surface area contributed by atoms with Gasteiger partial charge in [0.1, 0.15) is 6.61 Å². The number of hydrogen-bond acceptors (Lipinski definition) is 6. The molecule has 1 aromatic carbocycles. The fourth-order valence-electron chi connectivity index (χ4n) is 3.17. The molecule has 1 aliphatic rings. The number of hydrogen-bond donors (Lipinski definition) is 2. The third-order valence-corrected chi connectivity index (χ3v) is 4.67. The number of nitrogens with one attached hydrogen (secondary N) is 1. The van der Waals surface area contributed by atoms with Crippen LogP contribution in [0.3, 0.4) is 0 Å². The highest BCUT2D eigenvalue weighted by Crippen LogP contribution is 2.24. The van der Waals surface area contributed by atoms with E-state index in [1.165, 1.54) is 12.0 Å². The van der Waals surface area contributed by atoms with Crippen LogP contribution in [0.1, 0.15) is 36.9 Å². The first-order valence-corrected chi connectivity index (χ1v) is 8.65. The highest BCUT2D eigenvalue weighted by molar-refractivity contribution is 5.47. The average molecular weight is 338 g/mol. The number of aromatic nitrogens is 4. The van der Waals surface area contributed by atoms with Crippen molar-refractivity contribution in [2.75, 3.05) is 18.9 Å². The van der Waals surface area contributed by atoms with Gasteiger partial charge in [-0.15, -0.1) is 0 Å². The molecular weight excluding hydrogens is 316 g/mol. The van der Waals surface area contributed by atoms with E-state index in [4.69, 9.17) is 10.5 Å². The lowest BCUT2D eigenvalue weighted by Crippen LogP contribution is -2.28. The van der Waals surface area contributed by atoms with Crippen LogP contribution in [0.5, 0.6) is 6.01 Å². The van der Waals surface area contributed by atoms with E-state index in [0.717, 1.165) is 18.7 Å². The topological polar surface area (TPSA) is 90.4 Å². The number of fused-ring (bicyclic) bond motifs is 1. The van der Waals surface area contributed by atoms with Gasteiger partial charge in [0.25, 0.3) is 0 Å². The highest BCUT2D eigenvalue weighted by Gasteiger charge is 2.18. The molecule has 3 aromatic rings. The quantitative estimate of drug-likeness (QED) is 0.739. The van der Waals surface area contributed by atoms with Crippen LogP contribution in [0.2, 0.25) is 0 Å². The van der Waals surface area contributed by atoms with Gasteiger partial charge in [-0.05, 0) is 24.9 Å². The standard InChI is InChI=1S/C18H22N6O/c1-12(13-6-3-2-4-7-13)15-10-16-21-18(22-17(19)24(16)23-15)25-11-14-8-5-9-20-14/h2-4,6-7,10,12,14,20H,5,8-9,11H2,1H3,(H2,19,21,22)/t12-,14+/m0/s1. The summed E-state index contributed by atoms with van der Waals surface area (Å²) in [6, 6.07) is 12.8. The summed E-state index contributed by atoms with van der Waals surface area (Å²) in [4.78, 5) is 8.68. The van der Waals surface area contributed by atoms with Gasteiger partial charge < -0.3 is 15.8 Å². The molecule has 0 amide bonds. The monoisotopic (exact) mass is 338 g/mol. The molecule has 1 saturated heterocycles. The van der Waals surface area contributed by atoms with Crippen molar-refractivity contribution < 1.29 is 4.74 Å². The number of anilines is 1. The predicted molar refractivity (Wildman–Crippen MR) is 95.7 cm³/mol. The van der Waals surface area contributed by atoms with Gasteiger partial charge in [0.2, 0.25) is 5.95 Å². The molecule has 3 N–H and O–H groups in total. The fourth-order valence-corrected chi connectivity index (χ4v) is 3.17. The predicted octanol–water partition coefficient (Wildman–Crippen LogP) is 1.99. The average Bonchev–Trinajstić information content (AvgIpc) is 3.30. The summed E-state index contributed by atoms with van der Waals surface area (Å²) in [6.07, 6.45) is 2.29. The molecule has 4 rings (SSSR count). The fraction of sp³-hybridized carbons (Fsp3) is 0.389. The Hall–Kier alpha value is -2.67. The van der Waals surface area contributed by atoms with Crippen LogP contribution in [0.4, 0.5) is 5.95 Å². The smallest absolute Gasteiger partial charge is 0.321 e. The molecular formula is C18H22N6O. The molecule has 1 aliphatic heterocycles. The lowest BCUT2D eigenvalue weighted by atomic mass is 9.98. The lowest BCUT2D eigenvalue weighted by molar-refractivity contribution is 0.257. The molecule has 0 aliphatic carbocycles. The summed E-state index contributed by atoms with van der Waals surface area (Å²) in [7, 11) is 0. The van der Waals surface area contributed by atoms with E-state index in [-0.39, 0.29) is 11.9 Å². The summed E-state index contributed by atoms with van der Waals surface area (Å²) in [5.74, 6) is 0.431. The second kappa shape index (κ2) is 6.68. The van der Waals surface area contributed by atoms with E-state index in [1.807, 2.05) is 24.3 Å². The minimum atomic E-state index is 0.148. The van der Waals surface area contributed by atoms with Crippen molar-refractivity contribution in [1.29, 1.82) is 0 Å². The van der Waals surface area contributed by atoms with E-state index in [2.05, 4.69) is 39.4 Å². The van der Waals surface area contributed by atoms with Crippen molar-refractivity contribution >= 4 is 11.6 Å². The van der Waals surface area contributed by atoms with Gasteiger partial charge in [-0.1, -0.05) is 37.3 Å². The van der Waals surface area contributed by atoms with Gasteiger partial charge in [-0.2, -0.15) is 19.6 Å². The van der Waals surface area contributed by atoms with Crippen LogP contribution >= 0.6 is 0 Å². The molecule has 7 heteroatoms. The Morgan fingerprint density at radius 2 is 2.16 bits per heavy atom. The Kier molecular flexibility index (Phi) is 4.23. The zero-order chi connectivity index (χ0) is 17.2. The number of ether oxygens (including phenoxy) is 1. The van der Waals surface area contributed by atoms with E-state index >= 15 is 0 Å². The maximum atomic E-state index is 6.05. The van der Waals surface area contributed by atoms with Crippen molar-refractivity contribution in [3.05, 3.63) is 47.7 Å². The number of nitrogen functional groups attached to an aromatic ring is 1. The summed E-state index contributed by atoms with van der Waals surface area (Å²) in [5.41, 5.74) is 8.80. The first kappa shape index (κ1) is 15.8. The maximum absolute atomic E-state index is 6.05. The van der Waals surface area contributed by atoms with Crippen molar-refractivity contribution in [2.24, 2.45) is 0 Å². The van der Waals surface area contributed by atoms with Crippen molar-refractivity contribution in [2.45, 2.75) is 31.7 Å². The van der Waals surface area contributed by atoms with E-state index < -0.39 is 0 Å². The molecule has 0 saturated carbocycles. The van der Waals surface area contributed by atoms with Gasteiger partial charge in [-0.25, -0.2) is 0 Å². The Morgan fingerprint density at radius 3 is 2.92 bits per heavy atom. The first-order valence-electron chi connectivity index (χ1n) is 8.65. The van der Waals surface area contributed by atoms with Gasteiger partial charge >= 0.3 is 6.01 Å². The lowest BCUT2D eigenvalue weighted by Gasteiger charge is -2.10. The second-order valence-corrected chi connectivity index (χ2v) is 6.44. The zero-order valence-corrected chi connectivity index (χ0v) is 14.2. The molecule has 2 aromatic heterocycles. The van der Waals surface area contributed by atoms with Crippen LogP contribution in [0, 0.1) is 0 Å². The van der Waals surface area contributed by atoms with Crippen molar-refractivity contribution in [3.8, 4) is 6.01 Å². The number of rotatable bonds is 5. The van der Waals surface area contributed by atoms with Crippen LogP contribution in [0.25, 0.3) is 5.65 Å². The zero-order valence-electron chi connectivity index (χ0n) is 14.2. The molecule has 1 fully saturated rings. The largest absolute Gasteiger partial charge is 0.462 e. The summed E-state index contributed by atoms with van der Waals surface area (Å²) in [5, 5.41) is 7.95. The number of benzene rings is 1. The van der Waals surface area contributed by atoms with Crippen molar-refractivity contribution in [3.63, 3.8) is 0 Å². The van der Waals surface area contributed by atoms with Crippen LogP contribution in [-0.4, -0.2) is 38.8 Å². The summed E-state index contributed by atoms with van der Waals surface area (Å²) in [6.45, 7) is 3.71. The maximum Gasteiger partial charge on any atom is 0.321 e. The Labute approximate surface area is 146 Å². The van der Waals surface area contributed by atoms with Gasteiger partial charge in [-0.3, -0.25) is 0 Å². The highest BCUT2D eigenvalue weighted by atomic mass is 16.5. The van der Waals surface area contributed by atoms with Crippen LogP contribution in [0.15, 0.2) is 36.4 Å². The normalized spacial score (nSPS) is 18.5. The SMILES string of the molecule is C[C@@H](c1ccccc1)c1cc2nc(OC[C@H]3CCCN3)nc(N)n2n1. The van der Waals surface area contributed by atoms with Gasteiger partial charge in [0, 0.05) is 18.0 Å². The van der Waals surface area contributed by atoms with Gasteiger partial charge in [0.05, 0.1) is 5.69 Å². The third kappa shape index (κ3) is 3.28. The van der Waals surface area contributed by atoms with Gasteiger partial charge in [0.15, 0.2) is 5.65 Å². The minimum absolute atomic E-state index is 0.148. The van der Waals surface area contributed by atoms with Crippen LogP contribution < -0.4 is 15.8 Å². The Balaban J connectivity index is 1.58. The molecule has 3 heterocycles. The van der Waals surface area contributed by atoms with Crippen molar-refractivity contribution in [1.82, 2.24) is 24.9 Å². The second-order valence-electron chi connectivity index (χ2n) is 6.44. The van der Waals surface area contributed by atoms with E-state index in [0.29, 0.717) is 24.3 Å². The third-order valence-electron chi connectivity index (χ3n) is 4.67. The first-order chi connectivity index (χ1) is 12.2. The van der Waals surface area contributed by atoms with E-state index in [1.54, 1.807) is 4.52 Å². The minimum Gasteiger partial charge on any atom is -0.462 e. The molecule has 0 bridgehead atoms. The number of nitrogens with two attached hydrogens (primary N) is 1. The Morgan fingerprint density at radius 1 is 1.32 bits per heavy atom. The molecule has 0 radical (unpaired) electrons. The summed E-state index contributed by atoms with van der Waals surface area (Å²) < 4.78 is 7.29. The number of nitrogens with zero attached hydrogens (tertiary/aromatic N) is 4. The Bertz CT molecular complexity index is 857. The molecule has 7 nitrogen and oxygen atoms in total.